The van der Waals surface area contributed by atoms with Crippen LogP contribution in [0.25, 0.3) is 0 Å². The van der Waals surface area contributed by atoms with Crippen molar-refractivity contribution in [2.75, 3.05) is 18.1 Å². The molecule has 0 saturated carbocycles. The van der Waals surface area contributed by atoms with E-state index in [0.717, 1.165) is 5.56 Å². The van der Waals surface area contributed by atoms with E-state index in [4.69, 9.17) is 0 Å². The highest BCUT2D eigenvalue weighted by molar-refractivity contribution is 7.91. The molecule has 0 radical (unpaired) electrons. The van der Waals surface area contributed by atoms with Crippen LogP contribution in [-0.4, -0.2) is 31.5 Å². The second-order valence-corrected chi connectivity index (χ2v) is 6.17. The third kappa shape index (κ3) is 4.28. The maximum absolute atomic E-state index is 11.3. The van der Waals surface area contributed by atoms with E-state index in [1.165, 1.54) is 0 Å². The molecule has 1 atom stereocenters. The summed E-state index contributed by atoms with van der Waals surface area (Å²) in [7, 11) is -2.88. The summed E-state index contributed by atoms with van der Waals surface area (Å²) in [4.78, 5) is 4.02. The maximum atomic E-state index is 11.3. The number of aromatic nitrogens is 1. The van der Waals surface area contributed by atoms with Gasteiger partial charge in [0.25, 0.3) is 0 Å². The lowest BCUT2D eigenvalue weighted by Crippen LogP contribution is -2.26. The Kier molecular flexibility index (Phi) is 4.89. The van der Waals surface area contributed by atoms with E-state index in [0.29, 0.717) is 6.54 Å². The fourth-order valence-corrected chi connectivity index (χ4v) is 2.04. The fraction of sp³-hybridized carbons (Fsp3) is 0.545. The minimum Gasteiger partial charge on any atom is -0.309 e. The molecule has 0 fully saturated rings. The van der Waals surface area contributed by atoms with Gasteiger partial charge in [-0.1, -0.05) is 13.0 Å². The highest BCUT2D eigenvalue weighted by Gasteiger charge is 2.09. The predicted molar refractivity (Wildman–Crippen MR) is 65.0 cm³/mol. The minimum absolute atomic E-state index is 0.126. The summed E-state index contributed by atoms with van der Waals surface area (Å²) in [6, 6.07) is 3.97. The number of hydrogen-bond acceptors (Lipinski definition) is 4. The Morgan fingerprint density at radius 3 is 2.81 bits per heavy atom. The summed E-state index contributed by atoms with van der Waals surface area (Å²) < 4.78 is 22.5. The molecule has 0 unspecified atom stereocenters. The second kappa shape index (κ2) is 5.96. The van der Waals surface area contributed by atoms with Crippen LogP contribution < -0.4 is 5.32 Å². The lowest BCUT2D eigenvalue weighted by Gasteiger charge is -2.13. The van der Waals surface area contributed by atoms with E-state index >= 15 is 0 Å². The van der Waals surface area contributed by atoms with E-state index in [2.05, 4.69) is 10.3 Å². The summed E-state index contributed by atoms with van der Waals surface area (Å²) >= 11 is 0. The van der Waals surface area contributed by atoms with Gasteiger partial charge in [-0.2, -0.15) is 0 Å². The van der Waals surface area contributed by atoms with Crippen molar-refractivity contribution in [1.29, 1.82) is 0 Å². The van der Waals surface area contributed by atoms with Gasteiger partial charge < -0.3 is 5.32 Å². The summed E-state index contributed by atoms with van der Waals surface area (Å²) in [6.45, 7) is 4.14. The van der Waals surface area contributed by atoms with Gasteiger partial charge in [0.05, 0.1) is 5.75 Å². The second-order valence-electron chi connectivity index (χ2n) is 3.70. The van der Waals surface area contributed by atoms with Crippen molar-refractivity contribution < 1.29 is 8.42 Å². The zero-order valence-electron chi connectivity index (χ0n) is 9.68. The molecule has 1 heterocycles. The van der Waals surface area contributed by atoms with Gasteiger partial charge in [-0.3, -0.25) is 4.98 Å². The molecule has 0 aromatic carbocycles. The van der Waals surface area contributed by atoms with Crippen molar-refractivity contribution in [3.63, 3.8) is 0 Å². The number of rotatable bonds is 6. The monoisotopic (exact) mass is 242 g/mol. The van der Waals surface area contributed by atoms with Gasteiger partial charge in [0, 0.05) is 30.7 Å². The Morgan fingerprint density at radius 1 is 1.50 bits per heavy atom. The summed E-state index contributed by atoms with van der Waals surface area (Å²) in [5.41, 5.74) is 1.07. The number of sulfone groups is 1. The molecule has 0 aliphatic heterocycles. The first kappa shape index (κ1) is 13.1. The molecule has 0 aliphatic rings. The van der Waals surface area contributed by atoms with Gasteiger partial charge in [-0.05, 0) is 18.6 Å². The SMILES string of the molecule is CCS(=O)(=O)CCN[C@@H](C)c1cccnc1. The summed E-state index contributed by atoms with van der Waals surface area (Å²) in [5, 5.41) is 3.17. The van der Waals surface area contributed by atoms with Crippen molar-refractivity contribution in [1.82, 2.24) is 10.3 Å². The number of nitrogens with zero attached hydrogens (tertiary/aromatic N) is 1. The third-order valence-corrected chi connectivity index (χ3v) is 4.19. The van der Waals surface area contributed by atoms with Crippen molar-refractivity contribution >= 4 is 9.84 Å². The van der Waals surface area contributed by atoms with Gasteiger partial charge >= 0.3 is 0 Å². The molecular weight excluding hydrogens is 224 g/mol. The average Bonchev–Trinajstić information content (AvgIpc) is 2.30. The molecular formula is C11H18N2O2S. The minimum atomic E-state index is -2.88. The lowest BCUT2D eigenvalue weighted by molar-refractivity contribution is 0.572. The van der Waals surface area contributed by atoms with Crippen LogP contribution in [0.3, 0.4) is 0 Å². The van der Waals surface area contributed by atoms with Gasteiger partial charge in [0.15, 0.2) is 9.84 Å². The molecule has 0 spiro atoms. The van der Waals surface area contributed by atoms with E-state index < -0.39 is 9.84 Å². The zero-order chi connectivity index (χ0) is 12.0. The zero-order valence-corrected chi connectivity index (χ0v) is 10.5. The summed E-state index contributed by atoms with van der Waals surface area (Å²) in [5.74, 6) is 0.393. The fourth-order valence-electron chi connectivity index (χ4n) is 1.33. The van der Waals surface area contributed by atoms with Crippen LogP contribution >= 0.6 is 0 Å². The first-order valence-corrected chi connectivity index (χ1v) is 7.21. The molecule has 1 N–H and O–H groups in total. The molecule has 16 heavy (non-hydrogen) atoms. The largest absolute Gasteiger partial charge is 0.309 e. The predicted octanol–water partition coefficient (Wildman–Crippen LogP) is 1.17. The normalized spacial score (nSPS) is 13.6. The van der Waals surface area contributed by atoms with Gasteiger partial charge in [-0.15, -0.1) is 0 Å². The van der Waals surface area contributed by atoms with Crippen molar-refractivity contribution in [3.8, 4) is 0 Å². The molecule has 4 nitrogen and oxygen atoms in total. The Morgan fingerprint density at radius 2 is 2.25 bits per heavy atom. The molecule has 5 heteroatoms. The van der Waals surface area contributed by atoms with E-state index in [9.17, 15) is 8.42 Å². The Hall–Kier alpha value is -0.940. The number of pyridine rings is 1. The van der Waals surface area contributed by atoms with Crippen LogP contribution in [0, 0.1) is 0 Å². The highest BCUT2D eigenvalue weighted by Crippen LogP contribution is 2.09. The third-order valence-electron chi connectivity index (χ3n) is 2.49. The standard InChI is InChI=1S/C11H18N2O2S/c1-3-16(14,15)8-7-13-10(2)11-5-4-6-12-9-11/h4-6,9-10,13H,3,7-8H2,1-2H3/t10-/m0/s1. The molecule has 0 amide bonds. The number of nitrogens with one attached hydrogen (secondary N) is 1. The van der Waals surface area contributed by atoms with Crippen molar-refractivity contribution in [2.24, 2.45) is 0 Å². The van der Waals surface area contributed by atoms with Gasteiger partial charge in [0.2, 0.25) is 0 Å². The van der Waals surface area contributed by atoms with E-state index in [1.54, 1.807) is 19.3 Å². The van der Waals surface area contributed by atoms with Gasteiger partial charge in [-0.25, -0.2) is 8.42 Å². The van der Waals surface area contributed by atoms with Crippen LogP contribution in [0.4, 0.5) is 0 Å². The summed E-state index contributed by atoms with van der Waals surface area (Å²) in [6.07, 6.45) is 3.50. The van der Waals surface area contributed by atoms with E-state index in [-0.39, 0.29) is 17.5 Å². The molecule has 1 aromatic heterocycles. The molecule has 1 aromatic rings. The van der Waals surface area contributed by atoms with Crippen molar-refractivity contribution in [2.45, 2.75) is 19.9 Å². The van der Waals surface area contributed by atoms with Crippen LogP contribution in [0.1, 0.15) is 25.5 Å². The Balaban J connectivity index is 2.40. The first-order valence-electron chi connectivity index (χ1n) is 5.39. The van der Waals surface area contributed by atoms with Crippen molar-refractivity contribution in [3.05, 3.63) is 30.1 Å². The molecule has 90 valence electrons. The molecule has 1 rings (SSSR count). The maximum Gasteiger partial charge on any atom is 0.151 e. The average molecular weight is 242 g/mol. The molecule has 0 bridgehead atoms. The molecule has 0 aliphatic carbocycles. The Labute approximate surface area is 97.0 Å². The highest BCUT2D eigenvalue weighted by atomic mass is 32.2. The van der Waals surface area contributed by atoms with Crippen LogP contribution in [0.5, 0.6) is 0 Å². The first-order chi connectivity index (χ1) is 7.55. The smallest absolute Gasteiger partial charge is 0.151 e. The molecule has 0 saturated heterocycles. The topological polar surface area (TPSA) is 59.1 Å². The van der Waals surface area contributed by atoms with Gasteiger partial charge in [0.1, 0.15) is 0 Å². The lowest BCUT2D eigenvalue weighted by atomic mass is 10.1. The van der Waals surface area contributed by atoms with Crippen LogP contribution in [0.15, 0.2) is 24.5 Å². The number of hydrogen-bond donors (Lipinski definition) is 1. The Bertz CT molecular complexity index is 403. The van der Waals surface area contributed by atoms with E-state index in [1.807, 2.05) is 19.1 Å². The quantitative estimate of drug-likeness (QED) is 0.813. The van der Waals surface area contributed by atoms with Crippen LogP contribution in [0.2, 0.25) is 0 Å². The van der Waals surface area contributed by atoms with Crippen LogP contribution in [-0.2, 0) is 9.84 Å².